The van der Waals surface area contributed by atoms with Crippen molar-refractivity contribution in [3.63, 3.8) is 0 Å². The summed E-state index contributed by atoms with van der Waals surface area (Å²) >= 11 is 6.23. The van der Waals surface area contributed by atoms with Crippen LogP contribution < -0.4 is 10.2 Å². The number of nitrogens with one attached hydrogen (secondary N) is 1. The fourth-order valence-corrected chi connectivity index (χ4v) is 2.61. The van der Waals surface area contributed by atoms with Crippen LogP contribution in [0.3, 0.4) is 0 Å². The first-order valence-electron chi connectivity index (χ1n) is 6.07. The maximum atomic E-state index is 9.74. The van der Waals surface area contributed by atoms with E-state index in [9.17, 15) is 5.11 Å². The Morgan fingerprint density at radius 2 is 2.35 bits per heavy atom. The molecule has 17 heavy (non-hydrogen) atoms. The Balaban J connectivity index is 2.27. The van der Waals surface area contributed by atoms with Gasteiger partial charge in [0.2, 0.25) is 0 Å². The van der Waals surface area contributed by atoms with E-state index in [1.807, 2.05) is 19.2 Å². The summed E-state index contributed by atoms with van der Waals surface area (Å²) in [5.41, 5.74) is 2.26. The van der Waals surface area contributed by atoms with Crippen molar-refractivity contribution < 1.29 is 5.11 Å². The van der Waals surface area contributed by atoms with E-state index in [0.717, 1.165) is 42.2 Å². The van der Waals surface area contributed by atoms with Gasteiger partial charge >= 0.3 is 0 Å². The lowest BCUT2D eigenvalue weighted by atomic mass is 10.1. The van der Waals surface area contributed by atoms with Gasteiger partial charge in [-0.15, -0.1) is 0 Å². The maximum Gasteiger partial charge on any atom is 0.0715 e. The van der Waals surface area contributed by atoms with Crippen molar-refractivity contribution in [1.29, 1.82) is 0 Å². The van der Waals surface area contributed by atoms with Gasteiger partial charge in [-0.25, -0.2) is 0 Å². The van der Waals surface area contributed by atoms with Crippen LogP contribution in [0.1, 0.15) is 18.4 Å². The Kier molecular flexibility index (Phi) is 4.26. The van der Waals surface area contributed by atoms with Gasteiger partial charge in [0.1, 0.15) is 0 Å². The maximum absolute atomic E-state index is 9.74. The van der Waals surface area contributed by atoms with Crippen molar-refractivity contribution in [2.45, 2.75) is 25.5 Å². The normalized spacial score (nSPS) is 20.6. The summed E-state index contributed by atoms with van der Waals surface area (Å²) in [5.74, 6) is 0. The lowest BCUT2D eigenvalue weighted by Crippen LogP contribution is -2.38. The van der Waals surface area contributed by atoms with E-state index in [2.05, 4.69) is 16.3 Å². The topological polar surface area (TPSA) is 35.5 Å². The summed E-state index contributed by atoms with van der Waals surface area (Å²) in [6.45, 7) is 2.45. The Labute approximate surface area is 107 Å². The predicted octanol–water partition coefficient (Wildman–Crippen LogP) is 2.02. The monoisotopic (exact) mass is 254 g/mol. The quantitative estimate of drug-likeness (QED) is 0.866. The molecule has 0 spiro atoms. The van der Waals surface area contributed by atoms with Gasteiger partial charge in [-0.2, -0.15) is 0 Å². The lowest BCUT2D eigenvalue weighted by Gasteiger charge is -2.33. The van der Waals surface area contributed by atoms with Crippen LogP contribution in [-0.4, -0.2) is 31.3 Å². The van der Waals surface area contributed by atoms with E-state index in [1.165, 1.54) is 0 Å². The molecule has 1 atom stereocenters. The van der Waals surface area contributed by atoms with Gasteiger partial charge < -0.3 is 15.3 Å². The Morgan fingerprint density at radius 3 is 3.06 bits per heavy atom. The number of piperidine rings is 1. The highest BCUT2D eigenvalue weighted by molar-refractivity contribution is 6.31. The highest BCUT2D eigenvalue weighted by atomic mass is 35.5. The fourth-order valence-electron chi connectivity index (χ4n) is 2.37. The second-order valence-electron chi connectivity index (χ2n) is 4.51. The minimum atomic E-state index is -0.217. The number of hydrogen-bond acceptors (Lipinski definition) is 3. The van der Waals surface area contributed by atoms with Gasteiger partial charge in [0, 0.05) is 35.9 Å². The number of hydrogen-bond donors (Lipinski definition) is 2. The van der Waals surface area contributed by atoms with Crippen LogP contribution >= 0.6 is 11.6 Å². The van der Waals surface area contributed by atoms with Gasteiger partial charge in [0.15, 0.2) is 0 Å². The first-order valence-corrected chi connectivity index (χ1v) is 6.45. The number of anilines is 1. The molecular formula is C13H19ClN2O. The molecule has 1 heterocycles. The van der Waals surface area contributed by atoms with Crippen LogP contribution in [0.25, 0.3) is 0 Å². The first kappa shape index (κ1) is 12.7. The highest BCUT2D eigenvalue weighted by Gasteiger charge is 2.20. The van der Waals surface area contributed by atoms with Gasteiger partial charge in [-0.3, -0.25) is 0 Å². The molecule has 1 aromatic rings. The minimum Gasteiger partial charge on any atom is -0.391 e. The first-order chi connectivity index (χ1) is 8.22. The molecular weight excluding hydrogens is 236 g/mol. The van der Waals surface area contributed by atoms with Crippen LogP contribution in [-0.2, 0) is 6.54 Å². The zero-order chi connectivity index (χ0) is 12.3. The van der Waals surface area contributed by atoms with Crippen molar-refractivity contribution in [2.24, 2.45) is 0 Å². The Morgan fingerprint density at radius 1 is 1.53 bits per heavy atom. The molecule has 94 valence electrons. The zero-order valence-corrected chi connectivity index (χ0v) is 10.9. The van der Waals surface area contributed by atoms with Crippen LogP contribution in [0.5, 0.6) is 0 Å². The molecule has 0 radical (unpaired) electrons. The zero-order valence-electron chi connectivity index (χ0n) is 10.1. The molecule has 2 rings (SSSR count). The van der Waals surface area contributed by atoms with Gasteiger partial charge in [-0.05, 0) is 32.0 Å². The van der Waals surface area contributed by atoms with Crippen LogP contribution in [0.15, 0.2) is 18.2 Å². The van der Waals surface area contributed by atoms with Gasteiger partial charge in [0.05, 0.1) is 6.10 Å². The number of aliphatic hydroxyl groups excluding tert-OH is 1. The van der Waals surface area contributed by atoms with Crippen molar-refractivity contribution in [3.05, 3.63) is 28.8 Å². The average molecular weight is 255 g/mol. The lowest BCUT2D eigenvalue weighted by molar-refractivity contribution is 0.154. The number of rotatable bonds is 3. The summed E-state index contributed by atoms with van der Waals surface area (Å²) in [7, 11) is 1.91. The van der Waals surface area contributed by atoms with Crippen LogP contribution in [0.2, 0.25) is 5.02 Å². The van der Waals surface area contributed by atoms with E-state index < -0.39 is 0 Å². The molecule has 0 bridgehead atoms. The van der Waals surface area contributed by atoms with Crippen LogP contribution in [0, 0.1) is 0 Å². The fraction of sp³-hybridized carbons (Fsp3) is 0.538. The largest absolute Gasteiger partial charge is 0.391 e. The molecule has 4 heteroatoms. The number of aliphatic hydroxyl groups is 1. The summed E-state index contributed by atoms with van der Waals surface area (Å²) < 4.78 is 0. The SMILES string of the molecule is CNCc1c(Cl)cccc1N1CCCC(O)C1. The summed E-state index contributed by atoms with van der Waals surface area (Å²) in [4.78, 5) is 2.23. The van der Waals surface area contributed by atoms with E-state index in [-0.39, 0.29) is 6.10 Å². The molecule has 1 aliphatic rings. The molecule has 2 N–H and O–H groups in total. The van der Waals surface area contributed by atoms with E-state index in [0.29, 0.717) is 6.54 Å². The molecule has 3 nitrogen and oxygen atoms in total. The second kappa shape index (κ2) is 5.71. The van der Waals surface area contributed by atoms with Crippen LogP contribution in [0.4, 0.5) is 5.69 Å². The predicted molar refractivity (Wildman–Crippen MR) is 71.7 cm³/mol. The molecule has 0 aromatic heterocycles. The van der Waals surface area contributed by atoms with Gasteiger partial charge in [-0.1, -0.05) is 17.7 Å². The second-order valence-corrected chi connectivity index (χ2v) is 4.92. The number of β-amino-alcohol motifs (C(OH)–C–C–N with tert-alkyl or cyclic N) is 1. The van der Waals surface area contributed by atoms with Crippen molar-refractivity contribution in [3.8, 4) is 0 Å². The van der Waals surface area contributed by atoms with Gasteiger partial charge in [0.25, 0.3) is 0 Å². The number of halogens is 1. The van der Waals surface area contributed by atoms with E-state index >= 15 is 0 Å². The third-order valence-electron chi connectivity index (χ3n) is 3.18. The third-order valence-corrected chi connectivity index (χ3v) is 3.54. The molecule has 1 unspecified atom stereocenters. The molecule has 0 amide bonds. The summed E-state index contributed by atoms with van der Waals surface area (Å²) in [5, 5.41) is 13.7. The average Bonchev–Trinajstić information content (AvgIpc) is 2.32. The Bertz CT molecular complexity index is 384. The summed E-state index contributed by atoms with van der Waals surface area (Å²) in [6.07, 6.45) is 1.72. The Hall–Kier alpha value is -0.770. The smallest absolute Gasteiger partial charge is 0.0715 e. The van der Waals surface area contributed by atoms with E-state index in [4.69, 9.17) is 11.6 Å². The molecule has 1 fully saturated rings. The van der Waals surface area contributed by atoms with Crippen molar-refractivity contribution >= 4 is 17.3 Å². The van der Waals surface area contributed by atoms with Crippen molar-refractivity contribution in [1.82, 2.24) is 5.32 Å². The third kappa shape index (κ3) is 2.92. The molecule has 0 saturated carbocycles. The van der Waals surface area contributed by atoms with E-state index in [1.54, 1.807) is 0 Å². The standard InChI is InChI=1S/C13H19ClN2O/c1-15-8-11-12(14)5-2-6-13(11)16-7-3-4-10(17)9-16/h2,5-6,10,15,17H,3-4,7-9H2,1H3. The molecule has 1 aromatic carbocycles. The number of nitrogens with zero attached hydrogens (tertiary/aromatic N) is 1. The molecule has 1 aliphatic heterocycles. The minimum absolute atomic E-state index is 0.217. The number of benzene rings is 1. The summed E-state index contributed by atoms with van der Waals surface area (Å²) in [6, 6.07) is 5.96. The molecule has 1 saturated heterocycles. The van der Waals surface area contributed by atoms with Crippen molar-refractivity contribution in [2.75, 3.05) is 25.0 Å². The highest BCUT2D eigenvalue weighted by Crippen LogP contribution is 2.29. The molecule has 0 aliphatic carbocycles.